The van der Waals surface area contributed by atoms with Crippen LogP contribution in [0.25, 0.3) is 0 Å². The highest BCUT2D eigenvalue weighted by Gasteiger charge is 2.26. The summed E-state index contributed by atoms with van der Waals surface area (Å²) in [5.74, 6) is 0.526. The zero-order valence-corrected chi connectivity index (χ0v) is 13.0. The zero-order valence-electron chi connectivity index (χ0n) is 12.2. The molecule has 7 heteroatoms. The third-order valence-corrected chi connectivity index (χ3v) is 4.17. The van der Waals surface area contributed by atoms with Gasteiger partial charge < -0.3 is 9.64 Å². The van der Waals surface area contributed by atoms with Crippen LogP contribution in [0.2, 0.25) is 0 Å². The van der Waals surface area contributed by atoms with E-state index < -0.39 is 10.0 Å². The molecule has 2 rings (SSSR count). The first-order valence-electron chi connectivity index (χ1n) is 6.79. The lowest BCUT2D eigenvalue weighted by Crippen LogP contribution is -2.49. The third kappa shape index (κ3) is 4.44. The largest absolute Gasteiger partial charge is 0.497 e. The predicted molar refractivity (Wildman–Crippen MR) is 79.9 cm³/mol. The smallest absolute Gasteiger partial charge is 0.254 e. The van der Waals surface area contributed by atoms with E-state index in [9.17, 15) is 13.2 Å². The van der Waals surface area contributed by atoms with Gasteiger partial charge >= 0.3 is 0 Å². The van der Waals surface area contributed by atoms with Crippen molar-refractivity contribution < 1.29 is 17.9 Å². The molecule has 1 aliphatic heterocycles. The lowest BCUT2D eigenvalue weighted by molar-refractivity contribution is 0.0703. The van der Waals surface area contributed by atoms with Gasteiger partial charge in [0.25, 0.3) is 5.91 Å². The highest BCUT2D eigenvalue weighted by molar-refractivity contribution is 7.88. The molecule has 0 aliphatic carbocycles. The van der Waals surface area contributed by atoms with Crippen LogP contribution in [0.15, 0.2) is 24.3 Å². The highest BCUT2D eigenvalue weighted by Crippen LogP contribution is 2.18. The Bertz CT molecular complexity index is 615. The monoisotopic (exact) mass is 312 g/mol. The first kappa shape index (κ1) is 15.8. The minimum atomic E-state index is -3.26. The van der Waals surface area contributed by atoms with Crippen LogP contribution in [0, 0.1) is 0 Å². The second-order valence-electron chi connectivity index (χ2n) is 5.21. The number of piperidine rings is 1. The molecule has 6 nitrogen and oxygen atoms in total. The first-order valence-corrected chi connectivity index (χ1v) is 8.69. The van der Waals surface area contributed by atoms with Crippen molar-refractivity contribution in [3.05, 3.63) is 29.8 Å². The number of amides is 1. The molecule has 1 N–H and O–H groups in total. The molecule has 1 aromatic carbocycles. The summed E-state index contributed by atoms with van der Waals surface area (Å²) in [6, 6.07) is 6.75. The molecular weight excluding hydrogens is 292 g/mol. The summed E-state index contributed by atoms with van der Waals surface area (Å²) in [7, 11) is -1.70. The molecule has 1 atom stereocenters. The molecule has 0 saturated carbocycles. The molecule has 116 valence electrons. The summed E-state index contributed by atoms with van der Waals surface area (Å²) < 4.78 is 30.3. The Morgan fingerprint density at radius 1 is 1.43 bits per heavy atom. The van der Waals surface area contributed by atoms with Crippen molar-refractivity contribution in [1.29, 1.82) is 0 Å². The second kappa shape index (κ2) is 6.44. The molecule has 21 heavy (non-hydrogen) atoms. The van der Waals surface area contributed by atoms with E-state index in [0.29, 0.717) is 24.4 Å². The van der Waals surface area contributed by atoms with Crippen LogP contribution >= 0.6 is 0 Å². The standard InChI is InChI=1S/C14H20N2O4S/c1-20-13-7-3-5-11(9-13)14(17)16-8-4-6-12(10-16)15-21(2,18)19/h3,5,7,9,12,15H,4,6,8,10H2,1-2H3. The average molecular weight is 312 g/mol. The number of benzene rings is 1. The number of rotatable bonds is 4. The number of methoxy groups -OCH3 is 1. The summed E-state index contributed by atoms with van der Waals surface area (Å²) >= 11 is 0. The maximum absolute atomic E-state index is 12.5. The molecule has 1 fully saturated rings. The maximum atomic E-state index is 12.5. The van der Waals surface area contributed by atoms with Crippen LogP contribution < -0.4 is 9.46 Å². The first-order chi connectivity index (χ1) is 9.89. The van der Waals surface area contributed by atoms with Crippen molar-refractivity contribution in [2.75, 3.05) is 26.5 Å². The quantitative estimate of drug-likeness (QED) is 0.894. The van der Waals surface area contributed by atoms with E-state index in [1.807, 2.05) is 0 Å². The van der Waals surface area contributed by atoms with Gasteiger partial charge in [-0.2, -0.15) is 0 Å². The van der Waals surface area contributed by atoms with E-state index in [-0.39, 0.29) is 11.9 Å². The van der Waals surface area contributed by atoms with Crippen molar-refractivity contribution in [2.24, 2.45) is 0 Å². The SMILES string of the molecule is COc1cccc(C(=O)N2CCCC(NS(C)(=O)=O)C2)c1. The normalized spacial score (nSPS) is 19.3. The van der Waals surface area contributed by atoms with Crippen LogP contribution in [0.1, 0.15) is 23.2 Å². The Balaban J connectivity index is 2.08. The van der Waals surface area contributed by atoms with E-state index in [4.69, 9.17) is 4.74 Å². The number of hydrogen-bond donors (Lipinski definition) is 1. The number of hydrogen-bond acceptors (Lipinski definition) is 4. The van der Waals surface area contributed by atoms with Crippen molar-refractivity contribution >= 4 is 15.9 Å². The lowest BCUT2D eigenvalue weighted by Gasteiger charge is -2.32. The molecular formula is C14H20N2O4S. The van der Waals surface area contributed by atoms with Crippen LogP contribution in [-0.4, -0.2) is 51.7 Å². The summed E-state index contributed by atoms with van der Waals surface area (Å²) in [6.07, 6.45) is 2.66. The van der Waals surface area contributed by atoms with Crippen molar-refractivity contribution in [3.63, 3.8) is 0 Å². The van der Waals surface area contributed by atoms with E-state index in [1.165, 1.54) is 0 Å². The molecule has 1 heterocycles. The predicted octanol–water partition coefficient (Wildman–Crippen LogP) is 0.849. The molecule has 1 amide bonds. The molecule has 0 spiro atoms. The fraction of sp³-hybridized carbons (Fsp3) is 0.500. The molecule has 1 aromatic rings. The molecule has 1 unspecified atom stereocenters. The minimum Gasteiger partial charge on any atom is -0.497 e. The number of ether oxygens (including phenoxy) is 1. The van der Waals surface area contributed by atoms with E-state index in [2.05, 4.69) is 4.72 Å². The molecule has 0 radical (unpaired) electrons. The van der Waals surface area contributed by atoms with Gasteiger partial charge in [-0.25, -0.2) is 13.1 Å². The number of sulfonamides is 1. The number of carbonyl (C=O) groups is 1. The van der Waals surface area contributed by atoms with Gasteiger partial charge in [0.05, 0.1) is 13.4 Å². The van der Waals surface area contributed by atoms with Crippen molar-refractivity contribution in [2.45, 2.75) is 18.9 Å². The Morgan fingerprint density at radius 2 is 2.19 bits per heavy atom. The number of carbonyl (C=O) groups excluding carboxylic acids is 1. The molecule has 0 bridgehead atoms. The Kier molecular flexibility index (Phi) is 4.84. The van der Waals surface area contributed by atoms with Crippen LogP contribution in [-0.2, 0) is 10.0 Å². The number of likely N-dealkylation sites (tertiary alicyclic amines) is 1. The molecule has 1 saturated heterocycles. The third-order valence-electron chi connectivity index (χ3n) is 3.41. The summed E-state index contributed by atoms with van der Waals surface area (Å²) in [4.78, 5) is 14.2. The number of nitrogens with zero attached hydrogens (tertiary/aromatic N) is 1. The van der Waals surface area contributed by atoms with Gasteiger partial charge in [-0.3, -0.25) is 4.79 Å². The van der Waals surface area contributed by atoms with Gasteiger partial charge in [0.1, 0.15) is 5.75 Å². The Labute approximate surface area is 125 Å². The average Bonchev–Trinajstić information content (AvgIpc) is 2.45. The van der Waals surface area contributed by atoms with Crippen LogP contribution in [0.4, 0.5) is 0 Å². The Hall–Kier alpha value is -1.60. The summed E-state index contributed by atoms with van der Waals surface area (Å²) in [5.41, 5.74) is 0.550. The molecule has 1 aliphatic rings. The van der Waals surface area contributed by atoms with E-state index in [0.717, 1.165) is 19.1 Å². The van der Waals surface area contributed by atoms with Gasteiger partial charge in [-0.1, -0.05) is 6.07 Å². The van der Waals surface area contributed by atoms with Gasteiger partial charge in [-0.05, 0) is 31.0 Å². The lowest BCUT2D eigenvalue weighted by atomic mass is 10.1. The molecule has 0 aromatic heterocycles. The Morgan fingerprint density at radius 3 is 2.86 bits per heavy atom. The van der Waals surface area contributed by atoms with Gasteiger partial charge in [-0.15, -0.1) is 0 Å². The topological polar surface area (TPSA) is 75.7 Å². The van der Waals surface area contributed by atoms with E-state index >= 15 is 0 Å². The van der Waals surface area contributed by atoms with Gasteiger partial charge in [0.15, 0.2) is 0 Å². The minimum absolute atomic E-state index is 0.103. The van der Waals surface area contributed by atoms with Crippen molar-refractivity contribution in [3.8, 4) is 5.75 Å². The second-order valence-corrected chi connectivity index (χ2v) is 6.99. The highest BCUT2D eigenvalue weighted by atomic mass is 32.2. The van der Waals surface area contributed by atoms with Gasteiger partial charge in [0, 0.05) is 24.7 Å². The maximum Gasteiger partial charge on any atom is 0.254 e. The van der Waals surface area contributed by atoms with Crippen LogP contribution in [0.5, 0.6) is 5.75 Å². The summed E-state index contributed by atoms with van der Waals surface area (Å²) in [5, 5.41) is 0. The van der Waals surface area contributed by atoms with Crippen LogP contribution in [0.3, 0.4) is 0 Å². The fourth-order valence-corrected chi connectivity index (χ4v) is 3.30. The fourth-order valence-electron chi connectivity index (χ4n) is 2.50. The zero-order chi connectivity index (χ0) is 15.5. The summed E-state index contributed by atoms with van der Waals surface area (Å²) in [6.45, 7) is 1.03. The van der Waals surface area contributed by atoms with E-state index in [1.54, 1.807) is 36.3 Å². The van der Waals surface area contributed by atoms with Gasteiger partial charge in [0.2, 0.25) is 10.0 Å². The number of nitrogens with one attached hydrogen (secondary N) is 1. The van der Waals surface area contributed by atoms with Crippen molar-refractivity contribution in [1.82, 2.24) is 9.62 Å².